The first-order valence-electron chi connectivity index (χ1n) is 7.14. The van der Waals surface area contributed by atoms with E-state index in [4.69, 9.17) is 17.3 Å². The van der Waals surface area contributed by atoms with Crippen molar-refractivity contribution < 1.29 is 0 Å². The molecule has 3 aromatic heterocycles. The van der Waals surface area contributed by atoms with E-state index in [0.29, 0.717) is 33.4 Å². The maximum absolute atomic E-state index is 6.36. The van der Waals surface area contributed by atoms with E-state index < -0.39 is 0 Å². The molecule has 0 saturated carbocycles. The van der Waals surface area contributed by atoms with Gasteiger partial charge in [-0.1, -0.05) is 11.6 Å². The summed E-state index contributed by atoms with van der Waals surface area (Å²) in [5.74, 6) is 0.328. The average Bonchev–Trinajstić information content (AvgIpc) is 3.01. The van der Waals surface area contributed by atoms with Gasteiger partial charge in [0.25, 0.3) is 0 Å². The first-order valence-corrected chi connectivity index (χ1v) is 7.52. The lowest BCUT2D eigenvalue weighted by molar-refractivity contribution is 0.770. The molecule has 0 saturated heterocycles. The van der Waals surface area contributed by atoms with Crippen LogP contribution in [0.4, 0.5) is 5.82 Å². The first kappa shape index (κ1) is 14.5. The molecule has 4 rings (SSSR count). The van der Waals surface area contributed by atoms with Crippen molar-refractivity contribution in [3.63, 3.8) is 0 Å². The van der Waals surface area contributed by atoms with E-state index in [0.717, 1.165) is 10.9 Å². The Labute approximate surface area is 142 Å². The summed E-state index contributed by atoms with van der Waals surface area (Å²) in [7, 11) is 1.84. The lowest BCUT2D eigenvalue weighted by Crippen LogP contribution is -1.99. The topological polar surface area (TPSA) is 95.4 Å². The Bertz CT molecular complexity index is 1060. The number of hydrogen-bond acceptors (Lipinski definition) is 6. The zero-order valence-corrected chi connectivity index (χ0v) is 13.4. The molecule has 24 heavy (non-hydrogen) atoms. The minimum atomic E-state index is 0.328. The van der Waals surface area contributed by atoms with Crippen LogP contribution < -0.4 is 5.73 Å². The van der Waals surface area contributed by atoms with Crippen molar-refractivity contribution in [2.24, 2.45) is 7.05 Å². The van der Waals surface area contributed by atoms with E-state index in [-0.39, 0.29) is 0 Å². The van der Waals surface area contributed by atoms with Crippen LogP contribution in [0.2, 0.25) is 5.02 Å². The first-order chi connectivity index (χ1) is 11.6. The van der Waals surface area contributed by atoms with Gasteiger partial charge < -0.3 is 5.73 Å². The van der Waals surface area contributed by atoms with Crippen LogP contribution in [0.15, 0.2) is 43.1 Å². The van der Waals surface area contributed by atoms with Gasteiger partial charge in [0.1, 0.15) is 23.5 Å². The quantitative estimate of drug-likeness (QED) is 0.604. The number of aromatic nitrogens is 6. The molecule has 0 atom stereocenters. The van der Waals surface area contributed by atoms with Crippen molar-refractivity contribution in [3.05, 3.63) is 48.1 Å². The van der Waals surface area contributed by atoms with Crippen LogP contribution in [0.25, 0.3) is 33.5 Å². The molecule has 0 bridgehead atoms. The summed E-state index contributed by atoms with van der Waals surface area (Å²) in [6, 6.07) is 5.59. The van der Waals surface area contributed by atoms with Gasteiger partial charge in [-0.15, -0.1) is 0 Å². The molecule has 0 aliphatic carbocycles. The normalized spacial score (nSPS) is 11.1. The lowest BCUT2D eigenvalue weighted by atomic mass is 10.1. The van der Waals surface area contributed by atoms with Gasteiger partial charge in [-0.3, -0.25) is 9.67 Å². The summed E-state index contributed by atoms with van der Waals surface area (Å²) < 4.78 is 1.70. The zero-order chi connectivity index (χ0) is 16.7. The second-order valence-electron chi connectivity index (χ2n) is 5.29. The fourth-order valence-corrected chi connectivity index (χ4v) is 2.81. The van der Waals surface area contributed by atoms with Gasteiger partial charge >= 0.3 is 0 Å². The van der Waals surface area contributed by atoms with Crippen molar-refractivity contribution in [1.82, 2.24) is 29.7 Å². The maximum atomic E-state index is 6.36. The number of nitrogens with zero attached hydrogens (tertiary/aromatic N) is 6. The van der Waals surface area contributed by atoms with Crippen LogP contribution >= 0.6 is 11.6 Å². The molecule has 1 aromatic carbocycles. The minimum Gasteiger partial charge on any atom is -0.382 e. The number of halogens is 1. The van der Waals surface area contributed by atoms with Crippen molar-refractivity contribution in [3.8, 4) is 22.6 Å². The van der Waals surface area contributed by atoms with E-state index in [2.05, 4.69) is 25.0 Å². The van der Waals surface area contributed by atoms with Gasteiger partial charge in [-0.25, -0.2) is 15.0 Å². The summed E-state index contributed by atoms with van der Waals surface area (Å²) in [6.07, 6.45) is 6.53. The summed E-state index contributed by atoms with van der Waals surface area (Å²) in [4.78, 5) is 17.1. The number of benzene rings is 1. The number of nitrogen functional groups attached to an aromatic ring is 1. The molecule has 0 fully saturated rings. The molecule has 118 valence electrons. The van der Waals surface area contributed by atoms with Gasteiger partial charge in [0, 0.05) is 30.4 Å². The molecular weight excluding hydrogens is 326 g/mol. The monoisotopic (exact) mass is 337 g/mol. The average molecular weight is 338 g/mol. The predicted molar refractivity (Wildman–Crippen MR) is 92.2 cm³/mol. The number of nitrogens with two attached hydrogens (primary N) is 1. The number of aryl methyl sites for hydroxylation is 1. The number of anilines is 1. The van der Waals surface area contributed by atoms with E-state index in [1.54, 1.807) is 10.9 Å². The standard InChI is InChI=1S/C16H12ClN7/c1-24-3-2-12(23-24)16-15(20-7-13(18)22-16)9-4-10-6-19-8-21-14(10)11(17)5-9/h2-8H,1H3,(H2,18,22). The third-order valence-corrected chi connectivity index (χ3v) is 3.87. The van der Waals surface area contributed by atoms with Crippen molar-refractivity contribution in [2.45, 2.75) is 0 Å². The van der Waals surface area contributed by atoms with Crippen LogP contribution in [0.1, 0.15) is 0 Å². The summed E-state index contributed by atoms with van der Waals surface area (Å²) in [5.41, 5.74) is 9.25. The molecule has 0 aliphatic rings. The Balaban J connectivity index is 1.97. The van der Waals surface area contributed by atoms with E-state index in [1.807, 2.05) is 31.4 Å². The molecule has 0 amide bonds. The Morgan fingerprint density at radius 1 is 1.12 bits per heavy atom. The van der Waals surface area contributed by atoms with Gasteiger partial charge in [0.2, 0.25) is 0 Å². The number of rotatable bonds is 2. The van der Waals surface area contributed by atoms with E-state index in [9.17, 15) is 0 Å². The maximum Gasteiger partial charge on any atom is 0.142 e. The fourth-order valence-electron chi connectivity index (χ4n) is 2.53. The highest BCUT2D eigenvalue weighted by Gasteiger charge is 2.15. The molecular formula is C16H12ClN7. The lowest BCUT2D eigenvalue weighted by Gasteiger charge is -2.09. The highest BCUT2D eigenvalue weighted by Crippen LogP contribution is 2.33. The van der Waals surface area contributed by atoms with Gasteiger partial charge in [-0.2, -0.15) is 5.10 Å². The van der Waals surface area contributed by atoms with Gasteiger partial charge in [-0.05, 0) is 18.2 Å². The molecule has 0 aliphatic heterocycles. The summed E-state index contributed by atoms with van der Waals surface area (Å²) >= 11 is 6.36. The minimum absolute atomic E-state index is 0.328. The third-order valence-electron chi connectivity index (χ3n) is 3.58. The van der Waals surface area contributed by atoms with Gasteiger partial charge in [0.15, 0.2) is 0 Å². The Morgan fingerprint density at radius 2 is 2.00 bits per heavy atom. The van der Waals surface area contributed by atoms with E-state index >= 15 is 0 Å². The second kappa shape index (κ2) is 5.54. The van der Waals surface area contributed by atoms with Crippen molar-refractivity contribution >= 4 is 28.3 Å². The van der Waals surface area contributed by atoms with E-state index in [1.165, 1.54) is 12.5 Å². The summed E-state index contributed by atoms with van der Waals surface area (Å²) in [5, 5.41) is 5.74. The van der Waals surface area contributed by atoms with Crippen LogP contribution in [0.3, 0.4) is 0 Å². The van der Waals surface area contributed by atoms with Crippen LogP contribution in [0.5, 0.6) is 0 Å². The van der Waals surface area contributed by atoms with Gasteiger partial charge in [0.05, 0.1) is 22.4 Å². The molecule has 2 N–H and O–H groups in total. The van der Waals surface area contributed by atoms with Crippen LogP contribution in [0, 0.1) is 0 Å². The predicted octanol–water partition coefficient (Wildman–Crippen LogP) is 2.72. The molecule has 7 nitrogen and oxygen atoms in total. The molecule has 0 radical (unpaired) electrons. The molecule has 0 spiro atoms. The Kier molecular flexibility index (Phi) is 3.35. The smallest absolute Gasteiger partial charge is 0.142 e. The number of fused-ring (bicyclic) bond motifs is 1. The van der Waals surface area contributed by atoms with Crippen molar-refractivity contribution in [2.75, 3.05) is 5.73 Å². The van der Waals surface area contributed by atoms with Crippen molar-refractivity contribution in [1.29, 1.82) is 0 Å². The van der Waals surface area contributed by atoms with Crippen LogP contribution in [-0.4, -0.2) is 29.7 Å². The largest absolute Gasteiger partial charge is 0.382 e. The Hall–Kier alpha value is -3.06. The molecule has 4 aromatic rings. The molecule has 8 heteroatoms. The third kappa shape index (κ3) is 2.44. The number of hydrogen-bond donors (Lipinski definition) is 1. The molecule has 3 heterocycles. The molecule has 0 unspecified atom stereocenters. The fraction of sp³-hybridized carbons (Fsp3) is 0.0625. The highest BCUT2D eigenvalue weighted by molar-refractivity contribution is 6.35. The zero-order valence-electron chi connectivity index (χ0n) is 12.7. The van der Waals surface area contributed by atoms with Crippen LogP contribution in [-0.2, 0) is 7.05 Å². The SMILES string of the molecule is Cn1ccc(-c2nc(N)cnc2-c2cc(Cl)c3ncncc3c2)n1. The second-order valence-corrected chi connectivity index (χ2v) is 5.69. The Morgan fingerprint density at radius 3 is 2.79 bits per heavy atom. The summed E-state index contributed by atoms with van der Waals surface area (Å²) in [6.45, 7) is 0. The highest BCUT2D eigenvalue weighted by atomic mass is 35.5.